The number of aromatic nitrogens is 2. The average molecular weight is 398 g/mol. The van der Waals surface area contributed by atoms with Crippen LogP contribution in [0.3, 0.4) is 0 Å². The first-order chi connectivity index (χ1) is 11.9. The Bertz CT molecular complexity index is 1030. The summed E-state index contributed by atoms with van der Waals surface area (Å²) in [7, 11) is 0. The smallest absolute Gasteiger partial charge is 0.280 e. The summed E-state index contributed by atoms with van der Waals surface area (Å²) in [6.07, 6.45) is 1.65. The van der Waals surface area contributed by atoms with E-state index in [1.807, 2.05) is 51.1 Å². The van der Waals surface area contributed by atoms with Crippen molar-refractivity contribution in [2.24, 2.45) is 4.99 Å². The van der Waals surface area contributed by atoms with Crippen LogP contribution in [0, 0.1) is 27.7 Å². The van der Waals surface area contributed by atoms with Crippen molar-refractivity contribution in [1.29, 1.82) is 0 Å². The average Bonchev–Trinajstić information content (AvgIpc) is 2.83. The molecule has 0 aliphatic heterocycles. The van der Waals surface area contributed by atoms with Crippen LogP contribution in [0.2, 0.25) is 0 Å². The molecular formula is C20H20BrN3O. The van der Waals surface area contributed by atoms with Crippen molar-refractivity contribution in [3.63, 3.8) is 0 Å². The minimum absolute atomic E-state index is 0.100. The van der Waals surface area contributed by atoms with Gasteiger partial charge < -0.3 is 0 Å². The fraction of sp³-hybridized carbons (Fsp3) is 0.200. The van der Waals surface area contributed by atoms with Gasteiger partial charge in [-0.25, -0.2) is 4.68 Å². The Morgan fingerprint density at radius 2 is 1.84 bits per heavy atom. The standard InChI is InChI=1S/C20H20BrN3O/c1-12-6-5-7-18(14(12)3)22-11-17-15(4)23-24(20(17)25)19-9-8-16(21)10-13(19)2/h5-11,23H,1-4H3. The quantitative estimate of drug-likeness (QED) is 0.626. The molecule has 0 aliphatic rings. The number of hydrogen-bond donors (Lipinski definition) is 1. The second-order valence-electron chi connectivity index (χ2n) is 6.20. The van der Waals surface area contributed by atoms with Crippen molar-refractivity contribution in [2.45, 2.75) is 27.7 Å². The van der Waals surface area contributed by atoms with Gasteiger partial charge in [-0.3, -0.25) is 14.9 Å². The fourth-order valence-electron chi connectivity index (χ4n) is 2.76. The van der Waals surface area contributed by atoms with Crippen LogP contribution >= 0.6 is 15.9 Å². The van der Waals surface area contributed by atoms with Crippen LogP contribution in [0.4, 0.5) is 5.69 Å². The number of aliphatic imine (C=N–C) groups is 1. The molecule has 0 saturated carbocycles. The summed E-state index contributed by atoms with van der Waals surface area (Å²) in [5.74, 6) is 0. The molecule has 0 fully saturated rings. The number of nitrogens with zero attached hydrogens (tertiary/aromatic N) is 2. The lowest BCUT2D eigenvalue weighted by molar-refractivity contribution is 0.828. The lowest BCUT2D eigenvalue weighted by atomic mass is 10.1. The maximum absolute atomic E-state index is 12.8. The molecule has 0 saturated heterocycles. The number of benzene rings is 2. The third-order valence-corrected chi connectivity index (χ3v) is 4.92. The Morgan fingerprint density at radius 3 is 2.56 bits per heavy atom. The molecular weight excluding hydrogens is 378 g/mol. The molecule has 0 atom stereocenters. The van der Waals surface area contributed by atoms with E-state index < -0.39 is 0 Å². The predicted octanol–water partition coefficient (Wildman–Crippen LogP) is 4.91. The summed E-state index contributed by atoms with van der Waals surface area (Å²) in [6, 6.07) is 11.8. The van der Waals surface area contributed by atoms with E-state index in [-0.39, 0.29) is 5.56 Å². The zero-order valence-electron chi connectivity index (χ0n) is 14.7. The minimum atomic E-state index is -0.100. The van der Waals surface area contributed by atoms with E-state index in [4.69, 9.17) is 0 Å². The molecule has 0 amide bonds. The first-order valence-electron chi connectivity index (χ1n) is 8.07. The highest BCUT2D eigenvalue weighted by Crippen LogP contribution is 2.21. The van der Waals surface area contributed by atoms with E-state index in [0.717, 1.165) is 32.7 Å². The molecule has 1 N–H and O–H groups in total. The Morgan fingerprint density at radius 1 is 1.08 bits per heavy atom. The third kappa shape index (κ3) is 3.37. The van der Waals surface area contributed by atoms with Gasteiger partial charge in [0.05, 0.1) is 16.9 Å². The summed E-state index contributed by atoms with van der Waals surface area (Å²) in [6.45, 7) is 7.96. The van der Waals surface area contributed by atoms with Gasteiger partial charge in [-0.1, -0.05) is 28.1 Å². The van der Waals surface area contributed by atoms with E-state index in [2.05, 4.69) is 39.0 Å². The van der Waals surface area contributed by atoms with Crippen LogP contribution in [0.1, 0.15) is 27.9 Å². The van der Waals surface area contributed by atoms with Crippen molar-refractivity contribution in [3.05, 3.63) is 79.2 Å². The fourth-order valence-corrected chi connectivity index (χ4v) is 3.24. The maximum Gasteiger partial charge on any atom is 0.280 e. The van der Waals surface area contributed by atoms with E-state index in [1.165, 1.54) is 5.56 Å². The SMILES string of the molecule is Cc1cc(Br)ccc1-n1[nH]c(C)c(C=Nc2cccc(C)c2C)c1=O. The second-order valence-corrected chi connectivity index (χ2v) is 7.11. The topological polar surface area (TPSA) is 50.1 Å². The minimum Gasteiger partial charge on any atom is -0.295 e. The summed E-state index contributed by atoms with van der Waals surface area (Å²) in [5, 5.41) is 3.15. The molecule has 3 rings (SSSR count). The first kappa shape index (κ1) is 17.4. The summed E-state index contributed by atoms with van der Waals surface area (Å²) in [4.78, 5) is 17.4. The van der Waals surface area contributed by atoms with Gasteiger partial charge in [-0.15, -0.1) is 0 Å². The maximum atomic E-state index is 12.8. The molecule has 2 aromatic carbocycles. The lowest BCUT2D eigenvalue weighted by Gasteiger charge is -2.06. The van der Waals surface area contributed by atoms with E-state index >= 15 is 0 Å². The summed E-state index contributed by atoms with van der Waals surface area (Å²) < 4.78 is 2.56. The molecule has 4 nitrogen and oxygen atoms in total. The predicted molar refractivity (Wildman–Crippen MR) is 107 cm³/mol. The number of aryl methyl sites for hydroxylation is 3. The normalized spacial score (nSPS) is 11.4. The van der Waals surface area contributed by atoms with Gasteiger partial charge in [-0.2, -0.15) is 0 Å². The van der Waals surface area contributed by atoms with Crippen molar-refractivity contribution < 1.29 is 0 Å². The van der Waals surface area contributed by atoms with Crippen LogP contribution in [0.15, 0.2) is 50.7 Å². The van der Waals surface area contributed by atoms with Gasteiger partial charge in [0.1, 0.15) is 0 Å². The van der Waals surface area contributed by atoms with Crippen LogP contribution in [0.25, 0.3) is 5.69 Å². The highest BCUT2D eigenvalue weighted by molar-refractivity contribution is 9.10. The number of nitrogens with one attached hydrogen (secondary N) is 1. The Balaban J connectivity index is 2.05. The van der Waals surface area contributed by atoms with Crippen molar-refractivity contribution >= 4 is 27.8 Å². The molecule has 0 unspecified atom stereocenters. The third-order valence-electron chi connectivity index (χ3n) is 4.43. The number of H-pyrrole nitrogens is 1. The molecule has 5 heteroatoms. The number of rotatable bonds is 3. The number of aromatic amines is 1. The Hall–Kier alpha value is -2.40. The van der Waals surface area contributed by atoms with Crippen LogP contribution in [0.5, 0.6) is 0 Å². The highest BCUT2D eigenvalue weighted by atomic mass is 79.9. The molecule has 3 aromatic rings. The molecule has 25 heavy (non-hydrogen) atoms. The van der Waals surface area contributed by atoms with Gasteiger partial charge in [0.2, 0.25) is 0 Å². The van der Waals surface area contributed by atoms with Crippen LogP contribution in [-0.4, -0.2) is 16.0 Å². The van der Waals surface area contributed by atoms with E-state index in [0.29, 0.717) is 5.56 Å². The number of hydrogen-bond acceptors (Lipinski definition) is 2. The molecule has 128 valence electrons. The zero-order chi connectivity index (χ0) is 18.1. The van der Waals surface area contributed by atoms with E-state index in [9.17, 15) is 4.79 Å². The van der Waals surface area contributed by atoms with Crippen molar-refractivity contribution in [2.75, 3.05) is 0 Å². The molecule has 0 bridgehead atoms. The van der Waals surface area contributed by atoms with Crippen molar-refractivity contribution in [3.8, 4) is 5.69 Å². The van der Waals surface area contributed by atoms with Crippen LogP contribution in [-0.2, 0) is 0 Å². The highest BCUT2D eigenvalue weighted by Gasteiger charge is 2.12. The first-order valence-corrected chi connectivity index (χ1v) is 8.86. The largest absolute Gasteiger partial charge is 0.295 e. The van der Waals surface area contributed by atoms with Crippen LogP contribution < -0.4 is 5.56 Å². The monoisotopic (exact) mass is 397 g/mol. The molecule has 1 heterocycles. The van der Waals surface area contributed by atoms with Gasteiger partial charge in [0, 0.05) is 16.4 Å². The molecule has 0 radical (unpaired) electrons. The van der Waals surface area contributed by atoms with Gasteiger partial charge in [-0.05, 0) is 68.7 Å². The van der Waals surface area contributed by atoms with Gasteiger partial charge in [0.15, 0.2) is 0 Å². The van der Waals surface area contributed by atoms with E-state index in [1.54, 1.807) is 10.9 Å². The van der Waals surface area contributed by atoms with Gasteiger partial charge >= 0.3 is 0 Å². The summed E-state index contributed by atoms with van der Waals surface area (Å²) >= 11 is 3.45. The Labute approximate surface area is 155 Å². The molecule has 0 spiro atoms. The van der Waals surface area contributed by atoms with Gasteiger partial charge in [0.25, 0.3) is 5.56 Å². The molecule has 1 aromatic heterocycles. The number of halogens is 1. The summed E-state index contributed by atoms with van der Waals surface area (Å²) in [5.41, 5.74) is 6.30. The zero-order valence-corrected chi connectivity index (χ0v) is 16.3. The van der Waals surface area contributed by atoms with Crippen molar-refractivity contribution in [1.82, 2.24) is 9.78 Å². The second kappa shape index (κ2) is 6.84. The Kier molecular flexibility index (Phi) is 4.77. The molecule has 0 aliphatic carbocycles. The lowest BCUT2D eigenvalue weighted by Crippen LogP contribution is -2.18.